The molecule has 0 amide bonds. The summed E-state index contributed by atoms with van der Waals surface area (Å²) in [6.07, 6.45) is 1.51. The van der Waals surface area contributed by atoms with E-state index in [1.54, 1.807) is 6.20 Å². The molecule has 0 spiro atoms. The minimum atomic E-state index is -0.704. The van der Waals surface area contributed by atoms with Crippen LogP contribution in [0, 0.1) is 11.6 Å². The standard InChI is InChI=1S/C16H10BrF2NO/c17-10-2-4-15-12(6-10)13(8-20-15)16(21)5-9-1-3-11(18)7-14(9)19/h1-4,6-8,20H,5H2. The van der Waals surface area contributed by atoms with Crippen LogP contribution in [0.3, 0.4) is 0 Å². The minimum absolute atomic E-state index is 0.106. The van der Waals surface area contributed by atoms with Gasteiger partial charge in [0.05, 0.1) is 0 Å². The molecule has 1 N–H and O–H groups in total. The number of carbonyl (C=O) groups is 1. The molecule has 0 saturated heterocycles. The number of carbonyl (C=O) groups excluding carboxylic acids is 1. The smallest absolute Gasteiger partial charge is 0.169 e. The van der Waals surface area contributed by atoms with Gasteiger partial charge in [-0.1, -0.05) is 22.0 Å². The van der Waals surface area contributed by atoms with E-state index in [9.17, 15) is 13.6 Å². The number of aromatic amines is 1. The van der Waals surface area contributed by atoms with Crippen LogP contribution in [0.5, 0.6) is 0 Å². The lowest BCUT2D eigenvalue weighted by atomic mass is 10.0. The molecule has 0 saturated carbocycles. The van der Waals surface area contributed by atoms with Gasteiger partial charge in [0, 0.05) is 39.6 Å². The van der Waals surface area contributed by atoms with Gasteiger partial charge < -0.3 is 4.98 Å². The van der Waals surface area contributed by atoms with E-state index in [1.165, 1.54) is 6.07 Å². The monoisotopic (exact) mass is 349 g/mol. The van der Waals surface area contributed by atoms with Crippen LogP contribution in [0.1, 0.15) is 15.9 Å². The van der Waals surface area contributed by atoms with Crippen molar-refractivity contribution in [3.8, 4) is 0 Å². The highest BCUT2D eigenvalue weighted by Crippen LogP contribution is 2.24. The number of benzene rings is 2. The first-order chi connectivity index (χ1) is 10.0. The number of H-pyrrole nitrogens is 1. The SMILES string of the molecule is O=C(Cc1ccc(F)cc1F)c1c[nH]c2ccc(Br)cc12. The summed E-state index contributed by atoms with van der Waals surface area (Å²) in [5.41, 5.74) is 1.52. The lowest BCUT2D eigenvalue weighted by Crippen LogP contribution is -2.05. The molecule has 3 aromatic rings. The summed E-state index contributed by atoms with van der Waals surface area (Å²) in [4.78, 5) is 15.4. The molecule has 3 rings (SSSR count). The molecule has 1 aromatic heterocycles. The van der Waals surface area contributed by atoms with Crippen molar-refractivity contribution in [3.63, 3.8) is 0 Å². The summed E-state index contributed by atoms with van der Waals surface area (Å²) in [7, 11) is 0. The van der Waals surface area contributed by atoms with Crippen molar-refractivity contribution in [3.05, 3.63) is 69.8 Å². The summed E-state index contributed by atoms with van der Waals surface area (Å²) >= 11 is 3.36. The maximum atomic E-state index is 13.6. The van der Waals surface area contributed by atoms with Gasteiger partial charge in [0.1, 0.15) is 11.6 Å². The molecule has 106 valence electrons. The van der Waals surface area contributed by atoms with E-state index in [0.29, 0.717) is 5.56 Å². The van der Waals surface area contributed by atoms with Gasteiger partial charge in [0.15, 0.2) is 5.78 Å². The van der Waals surface area contributed by atoms with Gasteiger partial charge in [-0.25, -0.2) is 8.78 Å². The Morgan fingerprint density at radius 2 is 1.95 bits per heavy atom. The second kappa shape index (κ2) is 5.41. The highest BCUT2D eigenvalue weighted by molar-refractivity contribution is 9.10. The van der Waals surface area contributed by atoms with Crippen molar-refractivity contribution < 1.29 is 13.6 Å². The molecule has 0 aliphatic rings. The van der Waals surface area contributed by atoms with Gasteiger partial charge in [0.2, 0.25) is 0 Å². The molecular formula is C16H10BrF2NO. The number of hydrogen-bond donors (Lipinski definition) is 1. The molecule has 0 aliphatic heterocycles. The van der Waals surface area contributed by atoms with Gasteiger partial charge in [-0.3, -0.25) is 4.79 Å². The van der Waals surface area contributed by atoms with Crippen molar-refractivity contribution in [2.24, 2.45) is 0 Å². The van der Waals surface area contributed by atoms with Gasteiger partial charge >= 0.3 is 0 Å². The number of nitrogens with one attached hydrogen (secondary N) is 1. The number of ketones is 1. The topological polar surface area (TPSA) is 32.9 Å². The second-order valence-electron chi connectivity index (χ2n) is 4.73. The van der Waals surface area contributed by atoms with Crippen molar-refractivity contribution >= 4 is 32.6 Å². The Kier molecular flexibility index (Phi) is 3.59. The van der Waals surface area contributed by atoms with Crippen LogP contribution in [0.4, 0.5) is 8.78 Å². The summed E-state index contributed by atoms with van der Waals surface area (Å²) in [5.74, 6) is -1.58. The summed E-state index contributed by atoms with van der Waals surface area (Å²) in [6, 6.07) is 8.79. The zero-order chi connectivity index (χ0) is 15.0. The predicted molar refractivity (Wildman–Crippen MR) is 80.4 cm³/mol. The largest absolute Gasteiger partial charge is 0.360 e. The lowest BCUT2D eigenvalue weighted by Gasteiger charge is -2.03. The number of fused-ring (bicyclic) bond motifs is 1. The Hall–Kier alpha value is -2.01. The van der Waals surface area contributed by atoms with Crippen LogP contribution in [0.2, 0.25) is 0 Å². The zero-order valence-electron chi connectivity index (χ0n) is 10.8. The summed E-state index contributed by atoms with van der Waals surface area (Å²) < 4.78 is 27.4. The third-order valence-electron chi connectivity index (χ3n) is 3.31. The average Bonchev–Trinajstić information content (AvgIpc) is 2.85. The number of rotatable bonds is 3. The van der Waals surface area contributed by atoms with Gasteiger partial charge in [-0.2, -0.15) is 0 Å². The van der Waals surface area contributed by atoms with Crippen molar-refractivity contribution in [1.29, 1.82) is 0 Å². The fourth-order valence-electron chi connectivity index (χ4n) is 2.26. The quantitative estimate of drug-likeness (QED) is 0.686. The molecule has 0 radical (unpaired) electrons. The van der Waals surface area contributed by atoms with Crippen LogP contribution in [0.15, 0.2) is 47.1 Å². The van der Waals surface area contributed by atoms with Crippen LogP contribution in [-0.4, -0.2) is 10.8 Å². The molecule has 1 heterocycles. The van der Waals surface area contributed by atoms with Crippen LogP contribution in [-0.2, 0) is 6.42 Å². The fourth-order valence-corrected chi connectivity index (χ4v) is 2.62. The Balaban J connectivity index is 1.95. The van der Waals surface area contributed by atoms with Crippen molar-refractivity contribution in [2.75, 3.05) is 0 Å². The lowest BCUT2D eigenvalue weighted by molar-refractivity contribution is 0.0993. The predicted octanol–water partition coefficient (Wildman–Crippen LogP) is 4.63. The first-order valence-electron chi connectivity index (χ1n) is 6.28. The molecule has 0 fully saturated rings. The first kappa shape index (κ1) is 13.9. The Labute approximate surface area is 127 Å². The highest BCUT2D eigenvalue weighted by atomic mass is 79.9. The molecular weight excluding hydrogens is 340 g/mol. The zero-order valence-corrected chi connectivity index (χ0v) is 12.4. The normalized spacial score (nSPS) is 11.0. The van der Waals surface area contributed by atoms with E-state index in [4.69, 9.17) is 0 Å². The molecule has 0 atom stereocenters. The Morgan fingerprint density at radius 3 is 2.71 bits per heavy atom. The molecule has 21 heavy (non-hydrogen) atoms. The fraction of sp³-hybridized carbons (Fsp3) is 0.0625. The summed E-state index contributed by atoms with van der Waals surface area (Å²) in [5, 5.41) is 0.775. The van der Waals surface area contributed by atoms with Crippen LogP contribution in [0.25, 0.3) is 10.9 Å². The van der Waals surface area contributed by atoms with E-state index in [2.05, 4.69) is 20.9 Å². The minimum Gasteiger partial charge on any atom is -0.360 e. The third kappa shape index (κ3) is 2.74. The number of Topliss-reactive ketones (excluding diaryl/α,β-unsaturated/α-hetero) is 1. The summed E-state index contributed by atoms with van der Waals surface area (Å²) in [6.45, 7) is 0. The van der Waals surface area contributed by atoms with Gasteiger partial charge in [0.25, 0.3) is 0 Å². The Bertz CT molecular complexity index is 841. The van der Waals surface area contributed by atoms with Gasteiger partial charge in [-0.05, 0) is 29.8 Å². The molecule has 2 aromatic carbocycles. The number of halogens is 3. The molecule has 0 bridgehead atoms. The molecule has 2 nitrogen and oxygen atoms in total. The van der Waals surface area contributed by atoms with E-state index < -0.39 is 11.6 Å². The number of hydrogen-bond acceptors (Lipinski definition) is 1. The molecule has 5 heteroatoms. The van der Waals surface area contributed by atoms with Crippen LogP contribution < -0.4 is 0 Å². The second-order valence-corrected chi connectivity index (χ2v) is 5.64. The van der Waals surface area contributed by atoms with Gasteiger partial charge in [-0.15, -0.1) is 0 Å². The third-order valence-corrected chi connectivity index (χ3v) is 3.80. The Morgan fingerprint density at radius 1 is 1.14 bits per heavy atom. The van der Waals surface area contributed by atoms with E-state index in [0.717, 1.165) is 27.5 Å². The van der Waals surface area contributed by atoms with Crippen molar-refractivity contribution in [2.45, 2.75) is 6.42 Å². The maximum Gasteiger partial charge on any atom is 0.169 e. The van der Waals surface area contributed by atoms with E-state index in [1.807, 2.05) is 18.2 Å². The molecule has 0 unspecified atom stereocenters. The van der Waals surface area contributed by atoms with E-state index >= 15 is 0 Å². The van der Waals surface area contributed by atoms with Crippen molar-refractivity contribution in [1.82, 2.24) is 4.98 Å². The van der Waals surface area contributed by atoms with E-state index in [-0.39, 0.29) is 17.8 Å². The molecule has 0 aliphatic carbocycles. The number of aromatic nitrogens is 1. The van der Waals surface area contributed by atoms with Crippen LogP contribution >= 0.6 is 15.9 Å². The first-order valence-corrected chi connectivity index (χ1v) is 7.07. The highest BCUT2D eigenvalue weighted by Gasteiger charge is 2.15. The average molecular weight is 350 g/mol. The maximum absolute atomic E-state index is 13.6.